The quantitative estimate of drug-likeness (QED) is 0.823. The van der Waals surface area contributed by atoms with Crippen LogP contribution in [-0.4, -0.2) is 15.2 Å². The monoisotopic (exact) mass is 222 g/mol. The molecule has 0 spiro atoms. The average Bonchev–Trinajstić information content (AvgIpc) is 2.77. The summed E-state index contributed by atoms with van der Waals surface area (Å²) in [6.07, 6.45) is 5.08. The van der Waals surface area contributed by atoms with Crippen molar-refractivity contribution in [1.29, 1.82) is 0 Å². The molecule has 0 unspecified atom stereocenters. The van der Waals surface area contributed by atoms with E-state index in [9.17, 15) is 0 Å². The molecule has 1 fully saturated rings. The number of hydrogen-bond donors (Lipinski definition) is 2. The fourth-order valence-corrected chi connectivity index (χ4v) is 2.63. The van der Waals surface area contributed by atoms with E-state index in [1.165, 1.54) is 25.7 Å². The molecule has 0 bridgehead atoms. The lowest BCUT2D eigenvalue weighted by molar-refractivity contribution is 0.255. The maximum atomic E-state index is 5.52. The summed E-state index contributed by atoms with van der Waals surface area (Å²) in [6.45, 7) is 5.10. The highest BCUT2D eigenvalue weighted by Gasteiger charge is 2.26. The molecule has 1 aliphatic carbocycles. The van der Waals surface area contributed by atoms with Crippen LogP contribution < -0.4 is 5.73 Å². The minimum atomic E-state index is 0.453. The third-order valence-electron chi connectivity index (χ3n) is 3.82. The van der Waals surface area contributed by atoms with Crippen molar-refractivity contribution in [3.05, 3.63) is 11.6 Å². The lowest BCUT2D eigenvalue weighted by Crippen LogP contribution is -2.18. The van der Waals surface area contributed by atoms with Gasteiger partial charge in [0, 0.05) is 5.92 Å². The van der Waals surface area contributed by atoms with Crippen molar-refractivity contribution in [3.8, 4) is 0 Å². The molecule has 0 radical (unpaired) electrons. The third-order valence-corrected chi connectivity index (χ3v) is 3.82. The lowest BCUT2D eigenvalue weighted by atomic mass is 9.77. The Morgan fingerprint density at radius 3 is 2.50 bits per heavy atom. The summed E-state index contributed by atoms with van der Waals surface area (Å²) in [5, 5.41) is 7.17. The van der Waals surface area contributed by atoms with Crippen molar-refractivity contribution >= 4 is 0 Å². The van der Waals surface area contributed by atoms with Crippen LogP contribution in [0.4, 0.5) is 0 Å². The van der Waals surface area contributed by atoms with Gasteiger partial charge in [0.25, 0.3) is 0 Å². The van der Waals surface area contributed by atoms with Crippen molar-refractivity contribution < 1.29 is 0 Å². The molecule has 0 aromatic carbocycles. The summed E-state index contributed by atoms with van der Waals surface area (Å²) in [6, 6.07) is 0. The second kappa shape index (κ2) is 4.95. The molecule has 4 nitrogen and oxygen atoms in total. The Labute approximate surface area is 97.0 Å². The molecule has 3 N–H and O–H groups in total. The van der Waals surface area contributed by atoms with Gasteiger partial charge < -0.3 is 5.73 Å². The predicted octanol–water partition coefficient (Wildman–Crippen LogP) is 2.19. The molecule has 1 aromatic heterocycles. The van der Waals surface area contributed by atoms with Crippen LogP contribution in [0.2, 0.25) is 0 Å². The van der Waals surface area contributed by atoms with Crippen LogP contribution in [0, 0.1) is 11.8 Å². The Bertz CT molecular complexity index is 324. The molecule has 0 saturated heterocycles. The van der Waals surface area contributed by atoms with E-state index >= 15 is 0 Å². The summed E-state index contributed by atoms with van der Waals surface area (Å²) in [5.41, 5.74) is 5.52. The zero-order chi connectivity index (χ0) is 11.5. The highest BCUT2D eigenvalue weighted by molar-refractivity contribution is 4.99. The first-order valence-electron chi connectivity index (χ1n) is 6.32. The second-order valence-electron chi connectivity index (χ2n) is 5.20. The molecule has 90 valence electrons. The zero-order valence-electron chi connectivity index (χ0n) is 10.2. The summed E-state index contributed by atoms with van der Waals surface area (Å²) >= 11 is 0. The van der Waals surface area contributed by atoms with Crippen molar-refractivity contribution in [2.24, 2.45) is 17.6 Å². The van der Waals surface area contributed by atoms with E-state index in [2.05, 4.69) is 29.0 Å². The molecule has 4 heteroatoms. The molecule has 1 aromatic rings. The minimum absolute atomic E-state index is 0.453. The van der Waals surface area contributed by atoms with Gasteiger partial charge in [-0.05, 0) is 37.5 Å². The average molecular weight is 222 g/mol. The Morgan fingerprint density at radius 2 is 2.00 bits per heavy atom. The molecule has 1 heterocycles. The van der Waals surface area contributed by atoms with Crippen LogP contribution in [0.5, 0.6) is 0 Å². The Hall–Kier alpha value is -0.900. The first-order valence-corrected chi connectivity index (χ1v) is 6.32. The van der Waals surface area contributed by atoms with Gasteiger partial charge in [-0.1, -0.05) is 13.8 Å². The molecule has 2 rings (SSSR count). The van der Waals surface area contributed by atoms with Gasteiger partial charge in [-0.15, -0.1) is 0 Å². The largest absolute Gasteiger partial charge is 0.324 e. The third kappa shape index (κ3) is 2.43. The second-order valence-corrected chi connectivity index (χ2v) is 5.20. The van der Waals surface area contributed by atoms with Crippen LogP contribution in [0.1, 0.15) is 57.1 Å². The normalized spacial score (nSPS) is 26.2. The highest BCUT2D eigenvalue weighted by atomic mass is 15.2. The minimum Gasteiger partial charge on any atom is -0.324 e. The van der Waals surface area contributed by atoms with Gasteiger partial charge in [0.1, 0.15) is 5.82 Å². The van der Waals surface area contributed by atoms with Crippen molar-refractivity contribution in [2.45, 2.75) is 52.0 Å². The molecule has 1 saturated carbocycles. The van der Waals surface area contributed by atoms with Crippen LogP contribution in [0.25, 0.3) is 0 Å². The molecule has 0 amide bonds. The van der Waals surface area contributed by atoms with Crippen molar-refractivity contribution in [1.82, 2.24) is 15.2 Å². The maximum Gasteiger partial charge on any atom is 0.153 e. The number of nitrogens with zero attached hydrogens (tertiary/aromatic N) is 2. The first-order chi connectivity index (χ1) is 7.70. The summed E-state index contributed by atoms with van der Waals surface area (Å²) in [5.74, 6) is 4.03. The zero-order valence-corrected chi connectivity index (χ0v) is 10.2. The SMILES string of the molecule is CC(C)C1CCC(c2n[nH]c(CN)n2)CC1. The van der Waals surface area contributed by atoms with Gasteiger partial charge in [-0.3, -0.25) is 5.10 Å². The van der Waals surface area contributed by atoms with Crippen LogP contribution in [0.3, 0.4) is 0 Å². The van der Waals surface area contributed by atoms with Crippen LogP contribution in [0.15, 0.2) is 0 Å². The highest BCUT2D eigenvalue weighted by Crippen LogP contribution is 2.37. The van der Waals surface area contributed by atoms with Crippen molar-refractivity contribution in [2.75, 3.05) is 0 Å². The Morgan fingerprint density at radius 1 is 1.31 bits per heavy atom. The maximum absolute atomic E-state index is 5.52. The molecular formula is C12H22N4. The number of rotatable bonds is 3. The van der Waals surface area contributed by atoms with Gasteiger partial charge in [0.15, 0.2) is 5.82 Å². The predicted molar refractivity (Wildman–Crippen MR) is 63.8 cm³/mol. The van der Waals surface area contributed by atoms with E-state index in [4.69, 9.17) is 5.73 Å². The smallest absolute Gasteiger partial charge is 0.153 e. The van der Waals surface area contributed by atoms with E-state index in [0.717, 1.165) is 23.5 Å². The van der Waals surface area contributed by atoms with Gasteiger partial charge in [-0.25, -0.2) is 4.98 Å². The summed E-state index contributed by atoms with van der Waals surface area (Å²) in [7, 11) is 0. The molecular weight excluding hydrogens is 200 g/mol. The number of nitrogens with two attached hydrogens (primary N) is 1. The molecule has 16 heavy (non-hydrogen) atoms. The number of hydrogen-bond acceptors (Lipinski definition) is 3. The van der Waals surface area contributed by atoms with E-state index < -0.39 is 0 Å². The number of aromatic amines is 1. The summed E-state index contributed by atoms with van der Waals surface area (Å²) < 4.78 is 0. The van der Waals surface area contributed by atoms with E-state index in [1.54, 1.807) is 0 Å². The standard InChI is InChI=1S/C12H22N4/c1-8(2)9-3-5-10(6-4-9)12-14-11(7-13)15-16-12/h8-10H,3-7,13H2,1-2H3,(H,14,15,16). The topological polar surface area (TPSA) is 67.6 Å². The molecule has 1 aliphatic rings. The fourth-order valence-electron chi connectivity index (χ4n) is 2.63. The van der Waals surface area contributed by atoms with E-state index in [0.29, 0.717) is 12.5 Å². The van der Waals surface area contributed by atoms with Crippen LogP contribution in [-0.2, 0) is 6.54 Å². The Balaban J connectivity index is 1.93. The van der Waals surface area contributed by atoms with Crippen molar-refractivity contribution in [3.63, 3.8) is 0 Å². The number of nitrogens with one attached hydrogen (secondary N) is 1. The van der Waals surface area contributed by atoms with E-state index in [-0.39, 0.29) is 0 Å². The van der Waals surface area contributed by atoms with E-state index in [1.807, 2.05) is 0 Å². The summed E-state index contributed by atoms with van der Waals surface area (Å²) in [4.78, 5) is 4.43. The Kier molecular flexibility index (Phi) is 3.59. The molecule has 0 atom stereocenters. The van der Waals surface area contributed by atoms with Crippen LogP contribution >= 0.6 is 0 Å². The number of H-pyrrole nitrogens is 1. The lowest BCUT2D eigenvalue weighted by Gasteiger charge is -2.29. The van der Waals surface area contributed by atoms with Gasteiger partial charge >= 0.3 is 0 Å². The first kappa shape index (κ1) is 11.6. The fraction of sp³-hybridized carbons (Fsp3) is 0.833. The van der Waals surface area contributed by atoms with Gasteiger partial charge in [-0.2, -0.15) is 5.10 Å². The molecule has 0 aliphatic heterocycles. The van der Waals surface area contributed by atoms with Gasteiger partial charge in [0.05, 0.1) is 6.54 Å². The number of aromatic nitrogens is 3. The van der Waals surface area contributed by atoms with Gasteiger partial charge in [0.2, 0.25) is 0 Å².